The topological polar surface area (TPSA) is 55.6 Å². The SMILES string of the molecule is Clc1cccc(NCc2ccncn2)c1-n1ccnc1. The van der Waals surface area contributed by atoms with Gasteiger partial charge in [0.1, 0.15) is 6.33 Å². The highest BCUT2D eigenvalue weighted by molar-refractivity contribution is 6.33. The molecule has 1 aromatic carbocycles. The molecule has 0 aliphatic heterocycles. The number of para-hydroxylation sites is 1. The van der Waals surface area contributed by atoms with E-state index in [2.05, 4.69) is 20.3 Å². The zero-order valence-electron chi connectivity index (χ0n) is 10.6. The van der Waals surface area contributed by atoms with E-state index in [1.54, 1.807) is 18.7 Å². The van der Waals surface area contributed by atoms with Crippen LogP contribution in [0.4, 0.5) is 5.69 Å². The summed E-state index contributed by atoms with van der Waals surface area (Å²) in [5.41, 5.74) is 2.71. The maximum absolute atomic E-state index is 6.29. The number of benzene rings is 1. The van der Waals surface area contributed by atoms with Crippen LogP contribution in [0.15, 0.2) is 55.5 Å². The van der Waals surface area contributed by atoms with Gasteiger partial charge in [0.2, 0.25) is 0 Å². The lowest BCUT2D eigenvalue weighted by Crippen LogP contribution is -2.05. The first-order chi connectivity index (χ1) is 9.84. The molecule has 6 heteroatoms. The number of aromatic nitrogens is 4. The van der Waals surface area contributed by atoms with Crippen molar-refractivity contribution in [3.8, 4) is 5.69 Å². The lowest BCUT2D eigenvalue weighted by atomic mass is 10.2. The highest BCUT2D eigenvalue weighted by atomic mass is 35.5. The van der Waals surface area contributed by atoms with Crippen molar-refractivity contribution in [1.29, 1.82) is 0 Å². The zero-order valence-corrected chi connectivity index (χ0v) is 11.3. The average Bonchev–Trinajstić information content (AvgIpc) is 3.00. The van der Waals surface area contributed by atoms with Gasteiger partial charge in [0.05, 0.1) is 35.0 Å². The van der Waals surface area contributed by atoms with E-state index in [1.807, 2.05) is 35.0 Å². The minimum atomic E-state index is 0.602. The normalized spacial score (nSPS) is 10.4. The van der Waals surface area contributed by atoms with Crippen molar-refractivity contribution in [2.45, 2.75) is 6.54 Å². The maximum atomic E-state index is 6.29. The van der Waals surface area contributed by atoms with Gasteiger partial charge in [-0.1, -0.05) is 17.7 Å². The Kier molecular flexibility index (Phi) is 3.60. The number of imidazole rings is 1. The third kappa shape index (κ3) is 2.62. The molecule has 3 rings (SSSR count). The van der Waals surface area contributed by atoms with Crippen LogP contribution in [0.25, 0.3) is 5.69 Å². The van der Waals surface area contributed by atoms with E-state index in [0.29, 0.717) is 11.6 Å². The minimum absolute atomic E-state index is 0.602. The van der Waals surface area contributed by atoms with Gasteiger partial charge in [-0.05, 0) is 18.2 Å². The van der Waals surface area contributed by atoms with Crippen molar-refractivity contribution in [3.63, 3.8) is 0 Å². The molecule has 0 aliphatic carbocycles. The van der Waals surface area contributed by atoms with E-state index in [-0.39, 0.29) is 0 Å². The molecule has 2 aromatic heterocycles. The van der Waals surface area contributed by atoms with Crippen LogP contribution in [0.1, 0.15) is 5.69 Å². The predicted molar refractivity (Wildman–Crippen MR) is 77.9 cm³/mol. The molecule has 3 aromatic rings. The van der Waals surface area contributed by atoms with Crippen LogP contribution in [0.3, 0.4) is 0 Å². The second-order valence-electron chi connectivity index (χ2n) is 4.16. The van der Waals surface area contributed by atoms with Crippen molar-refractivity contribution in [2.24, 2.45) is 0 Å². The zero-order chi connectivity index (χ0) is 13.8. The molecule has 0 unspecified atom stereocenters. The van der Waals surface area contributed by atoms with Gasteiger partial charge in [-0.15, -0.1) is 0 Å². The molecule has 1 N–H and O–H groups in total. The van der Waals surface area contributed by atoms with Gasteiger partial charge in [-0.2, -0.15) is 0 Å². The van der Waals surface area contributed by atoms with E-state index in [4.69, 9.17) is 11.6 Å². The van der Waals surface area contributed by atoms with Gasteiger partial charge in [0, 0.05) is 18.6 Å². The van der Waals surface area contributed by atoms with E-state index in [9.17, 15) is 0 Å². The molecular formula is C14H12ClN5. The molecule has 0 radical (unpaired) electrons. The number of nitrogens with one attached hydrogen (secondary N) is 1. The van der Waals surface area contributed by atoms with E-state index >= 15 is 0 Å². The Morgan fingerprint density at radius 1 is 1.15 bits per heavy atom. The molecule has 0 amide bonds. The van der Waals surface area contributed by atoms with Crippen LogP contribution in [-0.2, 0) is 6.54 Å². The molecule has 0 bridgehead atoms. The van der Waals surface area contributed by atoms with Crippen molar-refractivity contribution < 1.29 is 0 Å². The van der Waals surface area contributed by atoms with Gasteiger partial charge in [0.25, 0.3) is 0 Å². The standard InChI is InChI=1S/C14H12ClN5/c15-12-2-1-3-13(14(12)20-7-6-17-10-20)18-8-11-4-5-16-9-19-11/h1-7,9-10,18H,8H2. The number of hydrogen-bond donors (Lipinski definition) is 1. The molecular weight excluding hydrogens is 274 g/mol. The van der Waals surface area contributed by atoms with Crippen molar-refractivity contribution in [3.05, 3.63) is 66.2 Å². The molecule has 0 spiro atoms. The van der Waals surface area contributed by atoms with Crippen LogP contribution in [0.5, 0.6) is 0 Å². The van der Waals surface area contributed by atoms with E-state index in [0.717, 1.165) is 17.1 Å². The lowest BCUT2D eigenvalue weighted by Gasteiger charge is -2.13. The van der Waals surface area contributed by atoms with Crippen molar-refractivity contribution >= 4 is 17.3 Å². The Bertz CT molecular complexity index is 682. The van der Waals surface area contributed by atoms with Gasteiger partial charge >= 0.3 is 0 Å². The monoisotopic (exact) mass is 285 g/mol. The Balaban J connectivity index is 1.88. The molecule has 20 heavy (non-hydrogen) atoms. The summed E-state index contributed by atoms with van der Waals surface area (Å²) in [7, 11) is 0. The molecule has 0 saturated carbocycles. The van der Waals surface area contributed by atoms with Crippen molar-refractivity contribution in [1.82, 2.24) is 19.5 Å². The Morgan fingerprint density at radius 3 is 2.85 bits per heavy atom. The van der Waals surface area contributed by atoms with Gasteiger partial charge < -0.3 is 9.88 Å². The molecule has 0 fully saturated rings. The van der Waals surface area contributed by atoms with Crippen LogP contribution in [0, 0.1) is 0 Å². The second kappa shape index (κ2) is 5.71. The molecule has 0 saturated heterocycles. The Labute approximate surface area is 121 Å². The summed E-state index contributed by atoms with van der Waals surface area (Å²) in [6, 6.07) is 7.61. The fourth-order valence-electron chi connectivity index (χ4n) is 1.92. The third-order valence-electron chi connectivity index (χ3n) is 2.85. The van der Waals surface area contributed by atoms with Gasteiger partial charge in [-0.3, -0.25) is 0 Å². The van der Waals surface area contributed by atoms with Crippen LogP contribution >= 0.6 is 11.6 Å². The Morgan fingerprint density at radius 2 is 2.10 bits per heavy atom. The predicted octanol–water partition coefficient (Wildman–Crippen LogP) is 2.93. The minimum Gasteiger partial charge on any atom is -0.378 e. The summed E-state index contributed by atoms with van der Waals surface area (Å²) < 4.78 is 1.88. The van der Waals surface area contributed by atoms with E-state index < -0.39 is 0 Å². The molecule has 0 aliphatic rings. The lowest BCUT2D eigenvalue weighted by molar-refractivity contribution is 0.994. The Hall–Kier alpha value is -2.40. The van der Waals surface area contributed by atoms with Crippen LogP contribution < -0.4 is 5.32 Å². The second-order valence-corrected chi connectivity index (χ2v) is 4.57. The first-order valence-electron chi connectivity index (χ1n) is 6.10. The third-order valence-corrected chi connectivity index (χ3v) is 3.16. The van der Waals surface area contributed by atoms with Crippen LogP contribution in [-0.4, -0.2) is 19.5 Å². The number of hydrogen-bond acceptors (Lipinski definition) is 4. The highest BCUT2D eigenvalue weighted by Crippen LogP contribution is 2.28. The average molecular weight is 286 g/mol. The molecule has 5 nitrogen and oxygen atoms in total. The van der Waals surface area contributed by atoms with E-state index in [1.165, 1.54) is 6.33 Å². The smallest absolute Gasteiger partial charge is 0.115 e. The summed E-state index contributed by atoms with van der Waals surface area (Å²) in [5, 5.41) is 4.00. The summed E-state index contributed by atoms with van der Waals surface area (Å²) in [5.74, 6) is 0. The first-order valence-corrected chi connectivity index (χ1v) is 6.48. The molecule has 0 atom stereocenters. The summed E-state index contributed by atoms with van der Waals surface area (Å²) >= 11 is 6.29. The van der Waals surface area contributed by atoms with Gasteiger partial charge in [0.15, 0.2) is 0 Å². The first kappa shape index (κ1) is 12.6. The maximum Gasteiger partial charge on any atom is 0.115 e. The number of nitrogens with zero attached hydrogens (tertiary/aromatic N) is 4. The fourth-order valence-corrected chi connectivity index (χ4v) is 2.19. The number of halogens is 1. The fraction of sp³-hybridized carbons (Fsp3) is 0.0714. The largest absolute Gasteiger partial charge is 0.378 e. The number of rotatable bonds is 4. The summed E-state index contributed by atoms with van der Waals surface area (Å²) in [6.07, 6.45) is 8.55. The summed E-state index contributed by atoms with van der Waals surface area (Å²) in [4.78, 5) is 12.1. The molecule has 2 heterocycles. The van der Waals surface area contributed by atoms with Gasteiger partial charge in [-0.25, -0.2) is 15.0 Å². The molecule has 100 valence electrons. The van der Waals surface area contributed by atoms with Crippen LogP contribution in [0.2, 0.25) is 5.02 Å². The summed E-state index contributed by atoms with van der Waals surface area (Å²) in [6.45, 7) is 0.602. The highest BCUT2D eigenvalue weighted by Gasteiger charge is 2.08. The van der Waals surface area contributed by atoms with Crippen molar-refractivity contribution in [2.75, 3.05) is 5.32 Å². The quantitative estimate of drug-likeness (QED) is 0.801. The number of anilines is 1.